The van der Waals surface area contributed by atoms with Crippen molar-refractivity contribution in [1.82, 2.24) is 0 Å². The van der Waals surface area contributed by atoms with E-state index < -0.39 is 0 Å². The van der Waals surface area contributed by atoms with Gasteiger partial charge in [-0.1, -0.05) is 19.1 Å². The number of halogens is 1. The topological polar surface area (TPSA) is 20.2 Å². The second-order valence-corrected chi connectivity index (χ2v) is 3.31. The van der Waals surface area contributed by atoms with Crippen LogP contribution in [0, 0.1) is 5.82 Å². The summed E-state index contributed by atoms with van der Waals surface area (Å²) in [6.07, 6.45) is 0.485. The second-order valence-electron chi connectivity index (χ2n) is 3.31. The molecule has 0 fully saturated rings. The maximum atomic E-state index is 12.6. The Morgan fingerprint density at radius 2 is 1.85 bits per heavy atom. The Morgan fingerprint density at radius 3 is 2.23 bits per heavy atom. The van der Waals surface area contributed by atoms with Crippen LogP contribution < -0.4 is 0 Å². The summed E-state index contributed by atoms with van der Waals surface area (Å²) in [6, 6.07) is 6.33. The molecular weight excluding hydrogens is 167 g/mol. The zero-order valence-corrected chi connectivity index (χ0v) is 8.00. The average Bonchev–Trinajstić information content (AvgIpc) is 2.09. The lowest BCUT2D eigenvalue weighted by molar-refractivity contribution is 0.159. The molecule has 2 heteroatoms. The van der Waals surface area contributed by atoms with Crippen LogP contribution in [0.15, 0.2) is 24.3 Å². The van der Waals surface area contributed by atoms with Crippen molar-refractivity contribution in [2.24, 2.45) is 0 Å². The van der Waals surface area contributed by atoms with Gasteiger partial charge in [0.25, 0.3) is 0 Å². The van der Waals surface area contributed by atoms with Crippen molar-refractivity contribution in [3.05, 3.63) is 35.6 Å². The minimum Gasteiger partial charge on any atom is -0.393 e. The maximum absolute atomic E-state index is 12.6. The highest BCUT2D eigenvalue weighted by Gasteiger charge is 2.14. The van der Waals surface area contributed by atoms with E-state index in [1.807, 2.05) is 6.92 Å². The first-order valence-corrected chi connectivity index (χ1v) is 4.58. The van der Waals surface area contributed by atoms with Crippen LogP contribution in [0.3, 0.4) is 0 Å². The summed E-state index contributed by atoms with van der Waals surface area (Å²) >= 11 is 0. The fraction of sp³-hybridized carbons (Fsp3) is 0.455. The molecule has 0 saturated carbocycles. The van der Waals surface area contributed by atoms with E-state index in [2.05, 4.69) is 0 Å². The van der Waals surface area contributed by atoms with E-state index in [1.54, 1.807) is 19.1 Å². The van der Waals surface area contributed by atoms with Gasteiger partial charge in [-0.2, -0.15) is 0 Å². The van der Waals surface area contributed by atoms with Gasteiger partial charge >= 0.3 is 0 Å². The second kappa shape index (κ2) is 4.38. The van der Waals surface area contributed by atoms with Gasteiger partial charge in [-0.05, 0) is 31.0 Å². The van der Waals surface area contributed by atoms with E-state index in [0.29, 0.717) is 0 Å². The van der Waals surface area contributed by atoms with E-state index in [-0.39, 0.29) is 17.8 Å². The summed E-state index contributed by atoms with van der Waals surface area (Å²) in [5, 5.41) is 9.44. The first-order valence-electron chi connectivity index (χ1n) is 4.58. The molecule has 0 saturated heterocycles. The Bertz CT molecular complexity index is 253. The van der Waals surface area contributed by atoms with Crippen LogP contribution in [0.25, 0.3) is 0 Å². The summed E-state index contributed by atoms with van der Waals surface area (Å²) in [4.78, 5) is 0. The van der Waals surface area contributed by atoms with E-state index in [1.165, 1.54) is 12.1 Å². The third-order valence-corrected chi connectivity index (χ3v) is 2.32. The fourth-order valence-corrected chi connectivity index (χ4v) is 1.57. The van der Waals surface area contributed by atoms with Crippen LogP contribution in [-0.4, -0.2) is 11.2 Å². The minimum absolute atomic E-state index is 0.112. The molecule has 2 atom stereocenters. The monoisotopic (exact) mass is 182 g/mol. The Kier molecular flexibility index (Phi) is 3.43. The summed E-state index contributed by atoms with van der Waals surface area (Å²) < 4.78 is 12.6. The predicted octanol–water partition coefficient (Wildman–Crippen LogP) is 2.70. The molecule has 0 aliphatic heterocycles. The van der Waals surface area contributed by atoms with Gasteiger partial charge < -0.3 is 5.11 Å². The molecule has 0 heterocycles. The molecule has 1 N–H and O–H groups in total. The van der Waals surface area contributed by atoms with Gasteiger partial charge in [0, 0.05) is 5.92 Å². The number of aliphatic hydroxyl groups excluding tert-OH is 1. The van der Waals surface area contributed by atoms with Crippen LogP contribution in [0.2, 0.25) is 0 Å². The molecule has 1 aromatic rings. The van der Waals surface area contributed by atoms with Gasteiger partial charge in [-0.15, -0.1) is 0 Å². The highest BCUT2D eigenvalue weighted by Crippen LogP contribution is 2.23. The van der Waals surface area contributed by atoms with Crippen LogP contribution in [0.4, 0.5) is 4.39 Å². The average molecular weight is 182 g/mol. The van der Waals surface area contributed by atoms with Gasteiger partial charge in [-0.3, -0.25) is 0 Å². The molecule has 13 heavy (non-hydrogen) atoms. The van der Waals surface area contributed by atoms with E-state index in [4.69, 9.17) is 0 Å². The first kappa shape index (κ1) is 10.2. The number of rotatable bonds is 3. The van der Waals surface area contributed by atoms with E-state index >= 15 is 0 Å². The first-order chi connectivity index (χ1) is 6.15. The highest BCUT2D eigenvalue weighted by molar-refractivity contribution is 5.21. The van der Waals surface area contributed by atoms with Gasteiger partial charge in [0.15, 0.2) is 0 Å². The van der Waals surface area contributed by atoms with Crippen LogP contribution in [0.1, 0.15) is 31.7 Å². The molecule has 0 bridgehead atoms. The van der Waals surface area contributed by atoms with Crippen molar-refractivity contribution < 1.29 is 9.50 Å². The van der Waals surface area contributed by atoms with Gasteiger partial charge in [0.1, 0.15) is 5.82 Å². The highest BCUT2D eigenvalue weighted by atomic mass is 19.1. The normalized spacial score (nSPS) is 15.4. The molecule has 1 nitrogen and oxygen atoms in total. The summed E-state index contributed by atoms with van der Waals surface area (Å²) in [6.45, 7) is 3.78. The molecule has 1 rings (SSSR count). The van der Waals surface area contributed by atoms with Crippen LogP contribution in [-0.2, 0) is 0 Å². The SMILES string of the molecule is CC[C@H](c1ccc(F)cc1)[C@@H](C)O. The summed E-state index contributed by atoms with van der Waals surface area (Å²) in [5.74, 6) is -0.121. The van der Waals surface area contributed by atoms with Crippen molar-refractivity contribution in [2.75, 3.05) is 0 Å². The van der Waals surface area contributed by atoms with Crippen molar-refractivity contribution in [2.45, 2.75) is 32.3 Å². The lowest BCUT2D eigenvalue weighted by Gasteiger charge is -2.18. The summed E-state index contributed by atoms with van der Waals surface area (Å²) in [5.41, 5.74) is 0.999. The van der Waals surface area contributed by atoms with Crippen LogP contribution >= 0.6 is 0 Å². The molecule has 0 radical (unpaired) electrons. The van der Waals surface area contributed by atoms with Crippen molar-refractivity contribution in [3.8, 4) is 0 Å². The van der Waals surface area contributed by atoms with E-state index in [0.717, 1.165) is 12.0 Å². The van der Waals surface area contributed by atoms with Crippen LogP contribution in [0.5, 0.6) is 0 Å². The zero-order chi connectivity index (χ0) is 9.84. The number of hydrogen-bond acceptors (Lipinski definition) is 1. The lowest BCUT2D eigenvalue weighted by Crippen LogP contribution is -2.13. The Labute approximate surface area is 78.2 Å². The molecule has 0 amide bonds. The quantitative estimate of drug-likeness (QED) is 0.762. The van der Waals surface area contributed by atoms with Gasteiger partial charge in [0.05, 0.1) is 6.10 Å². The molecule has 0 spiro atoms. The number of benzene rings is 1. The molecule has 0 unspecified atom stereocenters. The molecule has 0 aromatic heterocycles. The molecule has 72 valence electrons. The van der Waals surface area contributed by atoms with Gasteiger partial charge in [0.2, 0.25) is 0 Å². The third kappa shape index (κ3) is 2.52. The Hall–Kier alpha value is -0.890. The zero-order valence-electron chi connectivity index (χ0n) is 8.00. The third-order valence-electron chi connectivity index (χ3n) is 2.32. The number of hydrogen-bond donors (Lipinski definition) is 1. The molecular formula is C11H15FO. The minimum atomic E-state index is -0.379. The Morgan fingerprint density at radius 1 is 1.31 bits per heavy atom. The molecule has 0 aliphatic rings. The largest absolute Gasteiger partial charge is 0.393 e. The fourth-order valence-electron chi connectivity index (χ4n) is 1.57. The summed E-state index contributed by atoms with van der Waals surface area (Å²) in [7, 11) is 0. The van der Waals surface area contributed by atoms with Crippen molar-refractivity contribution in [3.63, 3.8) is 0 Å². The predicted molar refractivity (Wildman–Crippen MR) is 51.1 cm³/mol. The van der Waals surface area contributed by atoms with Crippen molar-refractivity contribution in [1.29, 1.82) is 0 Å². The van der Waals surface area contributed by atoms with Gasteiger partial charge in [-0.25, -0.2) is 4.39 Å². The Balaban J connectivity index is 2.86. The standard InChI is InChI=1S/C11H15FO/c1-3-11(8(2)13)9-4-6-10(12)7-5-9/h4-8,11,13H,3H2,1-2H3/t8-,11+/m1/s1. The van der Waals surface area contributed by atoms with E-state index in [9.17, 15) is 9.50 Å². The maximum Gasteiger partial charge on any atom is 0.123 e. The lowest BCUT2D eigenvalue weighted by atomic mass is 9.92. The smallest absolute Gasteiger partial charge is 0.123 e. The molecule has 1 aromatic carbocycles. The molecule has 0 aliphatic carbocycles. The van der Waals surface area contributed by atoms with Crippen molar-refractivity contribution >= 4 is 0 Å². The number of aliphatic hydroxyl groups is 1.